The average Bonchev–Trinajstić information content (AvgIpc) is 2.72. The maximum absolute atomic E-state index is 13.4. The number of thiazole rings is 1. The van der Waals surface area contributed by atoms with E-state index in [1.807, 2.05) is 0 Å². The number of anilines is 1. The van der Waals surface area contributed by atoms with Gasteiger partial charge in [-0.15, -0.1) is 0 Å². The third kappa shape index (κ3) is 3.05. The lowest BCUT2D eigenvalue weighted by atomic mass is 10.2. The Balaban J connectivity index is 2.12. The van der Waals surface area contributed by atoms with E-state index in [0.29, 0.717) is 10.8 Å². The van der Waals surface area contributed by atoms with Gasteiger partial charge in [-0.25, -0.2) is 18.6 Å². The third-order valence-corrected chi connectivity index (χ3v) is 3.53. The fraction of sp³-hybridized carbons (Fsp3) is 0.167. The second kappa shape index (κ2) is 5.31. The van der Waals surface area contributed by atoms with Crippen LogP contribution in [-0.4, -0.2) is 16.1 Å². The molecular formula is C12H10F2N2O2S. The van der Waals surface area contributed by atoms with Gasteiger partial charge in [0.15, 0.2) is 5.13 Å². The first-order valence-electron chi connectivity index (χ1n) is 5.36. The Morgan fingerprint density at radius 3 is 2.84 bits per heavy atom. The van der Waals surface area contributed by atoms with Crippen molar-refractivity contribution in [2.75, 3.05) is 5.32 Å². The van der Waals surface area contributed by atoms with E-state index in [1.54, 1.807) is 6.92 Å². The number of aryl methyl sites for hydroxylation is 1. The zero-order valence-electron chi connectivity index (χ0n) is 9.91. The lowest BCUT2D eigenvalue weighted by Gasteiger charge is -2.04. The molecule has 0 unspecified atom stereocenters. The van der Waals surface area contributed by atoms with Crippen molar-refractivity contribution in [3.8, 4) is 0 Å². The molecule has 2 aromatic rings. The van der Waals surface area contributed by atoms with Gasteiger partial charge in [-0.05, 0) is 25.1 Å². The lowest BCUT2D eigenvalue weighted by Crippen LogP contribution is -2.02. The maximum atomic E-state index is 13.4. The van der Waals surface area contributed by atoms with Crippen LogP contribution in [0.25, 0.3) is 0 Å². The summed E-state index contributed by atoms with van der Waals surface area (Å²) in [7, 11) is 0. The first-order chi connectivity index (χ1) is 8.97. The lowest BCUT2D eigenvalue weighted by molar-refractivity contribution is 0.0701. The summed E-state index contributed by atoms with van der Waals surface area (Å²) in [6, 6.07) is 3.16. The Morgan fingerprint density at radius 2 is 2.21 bits per heavy atom. The largest absolute Gasteiger partial charge is 0.477 e. The summed E-state index contributed by atoms with van der Waals surface area (Å²) in [5.74, 6) is -2.11. The number of hydrogen-bond acceptors (Lipinski definition) is 4. The molecule has 0 aliphatic rings. The number of benzene rings is 1. The van der Waals surface area contributed by atoms with Crippen LogP contribution in [0.15, 0.2) is 18.2 Å². The van der Waals surface area contributed by atoms with Crippen LogP contribution in [0, 0.1) is 18.6 Å². The van der Waals surface area contributed by atoms with Gasteiger partial charge in [-0.1, -0.05) is 11.3 Å². The number of aromatic carboxylic acids is 1. The highest BCUT2D eigenvalue weighted by Crippen LogP contribution is 2.23. The van der Waals surface area contributed by atoms with Gasteiger partial charge in [-0.3, -0.25) is 0 Å². The van der Waals surface area contributed by atoms with Crippen LogP contribution in [0.4, 0.5) is 13.9 Å². The van der Waals surface area contributed by atoms with Crippen LogP contribution in [0.3, 0.4) is 0 Å². The summed E-state index contributed by atoms with van der Waals surface area (Å²) in [5.41, 5.74) is 0.546. The van der Waals surface area contributed by atoms with Crippen molar-refractivity contribution in [2.24, 2.45) is 0 Å². The van der Waals surface area contributed by atoms with E-state index >= 15 is 0 Å². The molecule has 0 saturated carbocycles. The van der Waals surface area contributed by atoms with Gasteiger partial charge >= 0.3 is 5.97 Å². The molecule has 2 N–H and O–H groups in total. The summed E-state index contributed by atoms with van der Waals surface area (Å²) in [6.45, 7) is 1.61. The minimum Gasteiger partial charge on any atom is -0.477 e. The number of nitrogens with one attached hydrogen (secondary N) is 1. The molecule has 0 bridgehead atoms. The topological polar surface area (TPSA) is 62.2 Å². The summed E-state index contributed by atoms with van der Waals surface area (Å²) in [4.78, 5) is 15.0. The molecule has 0 amide bonds. The van der Waals surface area contributed by atoms with Gasteiger partial charge in [0.1, 0.15) is 16.5 Å². The van der Waals surface area contributed by atoms with Crippen molar-refractivity contribution in [1.29, 1.82) is 0 Å². The van der Waals surface area contributed by atoms with Gasteiger partial charge in [0.05, 0.1) is 5.69 Å². The molecule has 100 valence electrons. The van der Waals surface area contributed by atoms with E-state index in [-0.39, 0.29) is 17.0 Å². The van der Waals surface area contributed by atoms with Gasteiger partial charge in [0, 0.05) is 12.1 Å². The molecule has 1 aromatic heterocycles. The van der Waals surface area contributed by atoms with Crippen molar-refractivity contribution >= 4 is 22.4 Å². The normalized spacial score (nSPS) is 10.5. The van der Waals surface area contributed by atoms with E-state index < -0.39 is 17.6 Å². The fourth-order valence-electron chi connectivity index (χ4n) is 1.52. The molecule has 0 aliphatic heterocycles. The molecule has 0 spiro atoms. The highest BCUT2D eigenvalue weighted by atomic mass is 32.1. The number of carbonyl (C=O) groups is 1. The van der Waals surface area contributed by atoms with E-state index in [0.717, 1.165) is 29.5 Å². The second-order valence-corrected chi connectivity index (χ2v) is 4.83. The SMILES string of the molecule is Cc1nc(NCc2cc(F)ccc2F)sc1C(=O)O. The van der Waals surface area contributed by atoms with Crippen LogP contribution in [0.2, 0.25) is 0 Å². The molecule has 0 aliphatic carbocycles. The quantitative estimate of drug-likeness (QED) is 0.906. The first-order valence-corrected chi connectivity index (χ1v) is 6.17. The monoisotopic (exact) mass is 284 g/mol. The number of hydrogen-bond donors (Lipinski definition) is 2. The molecule has 0 saturated heterocycles. The van der Waals surface area contributed by atoms with Crippen molar-refractivity contribution in [3.63, 3.8) is 0 Å². The number of halogens is 2. The molecule has 1 heterocycles. The highest BCUT2D eigenvalue weighted by Gasteiger charge is 2.14. The van der Waals surface area contributed by atoms with Crippen molar-refractivity contribution < 1.29 is 18.7 Å². The molecule has 4 nitrogen and oxygen atoms in total. The van der Waals surface area contributed by atoms with Crippen LogP contribution in [-0.2, 0) is 6.54 Å². The number of nitrogens with zero attached hydrogens (tertiary/aromatic N) is 1. The molecule has 1 aromatic carbocycles. The average molecular weight is 284 g/mol. The van der Waals surface area contributed by atoms with E-state index in [9.17, 15) is 13.6 Å². The standard InChI is InChI=1S/C12H10F2N2O2S/c1-6-10(11(17)18)19-12(16-6)15-5-7-4-8(13)2-3-9(7)14/h2-4H,5H2,1H3,(H,15,16)(H,17,18). The second-order valence-electron chi connectivity index (χ2n) is 3.83. The third-order valence-electron chi connectivity index (χ3n) is 2.43. The molecule has 0 radical (unpaired) electrons. The van der Waals surface area contributed by atoms with Crippen LogP contribution in [0.1, 0.15) is 20.9 Å². The van der Waals surface area contributed by atoms with E-state index in [4.69, 9.17) is 5.11 Å². The van der Waals surface area contributed by atoms with Crippen molar-refractivity contribution in [1.82, 2.24) is 4.98 Å². The number of aromatic nitrogens is 1. The van der Waals surface area contributed by atoms with E-state index in [2.05, 4.69) is 10.3 Å². The van der Waals surface area contributed by atoms with Crippen molar-refractivity contribution in [3.05, 3.63) is 46.0 Å². The smallest absolute Gasteiger partial charge is 0.347 e. The first kappa shape index (κ1) is 13.4. The minimum absolute atomic E-state index is 0.0373. The van der Waals surface area contributed by atoms with Gasteiger partial charge < -0.3 is 10.4 Å². The summed E-state index contributed by atoms with van der Waals surface area (Å²) >= 11 is 0.959. The zero-order chi connectivity index (χ0) is 14.0. The molecular weight excluding hydrogens is 274 g/mol. The van der Waals surface area contributed by atoms with Gasteiger partial charge in [0.2, 0.25) is 0 Å². The van der Waals surface area contributed by atoms with Crippen LogP contribution < -0.4 is 5.32 Å². The Morgan fingerprint density at radius 1 is 1.47 bits per heavy atom. The van der Waals surface area contributed by atoms with Crippen LogP contribution in [0.5, 0.6) is 0 Å². The number of carboxylic acids is 1. The highest BCUT2D eigenvalue weighted by molar-refractivity contribution is 7.17. The molecule has 2 rings (SSSR count). The Bertz CT molecular complexity index is 628. The molecule has 7 heteroatoms. The molecule has 19 heavy (non-hydrogen) atoms. The minimum atomic E-state index is -1.06. The van der Waals surface area contributed by atoms with Gasteiger partial charge in [0.25, 0.3) is 0 Å². The van der Waals surface area contributed by atoms with Crippen molar-refractivity contribution in [2.45, 2.75) is 13.5 Å². The zero-order valence-corrected chi connectivity index (χ0v) is 10.7. The Hall–Kier alpha value is -2.02. The summed E-state index contributed by atoms with van der Waals surface area (Å²) in [6.07, 6.45) is 0. The Kier molecular flexibility index (Phi) is 3.75. The number of rotatable bonds is 4. The predicted molar refractivity (Wildman–Crippen MR) is 67.5 cm³/mol. The molecule has 0 atom stereocenters. The van der Waals surface area contributed by atoms with Gasteiger partial charge in [-0.2, -0.15) is 0 Å². The van der Waals surface area contributed by atoms with Crippen LogP contribution >= 0.6 is 11.3 Å². The molecule has 0 fully saturated rings. The Labute approximate surface area is 111 Å². The number of carboxylic acid groups (broad SMARTS) is 1. The fourth-order valence-corrected chi connectivity index (χ4v) is 2.32. The predicted octanol–water partition coefficient (Wildman–Crippen LogP) is 3.04. The van der Waals surface area contributed by atoms with E-state index in [1.165, 1.54) is 0 Å². The summed E-state index contributed by atoms with van der Waals surface area (Å²) in [5, 5.41) is 12.0. The summed E-state index contributed by atoms with van der Waals surface area (Å²) < 4.78 is 26.3. The maximum Gasteiger partial charge on any atom is 0.347 e.